The van der Waals surface area contributed by atoms with E-state index in [4.69, 9.17) is 0 Å². The van der Waals surface area contributed by atoms with Crippen LogP contribution in [0.4, 0.5) is 5.69 Å². The highest BCUT2D eigenvalue weighted by atomic mass is 32.2. The monoisotopic (exact) mass is 268 g/mol. The van der Waals surface area contributed by atoms with E-state index in [2.05, 4.69) is 10.0 Å². The van der Waals surface area contributed by atoms with Crippen molar-refractivity contribution in [3.05, 3.63) is 28.8 Å². The lowest BCUT2D eigenvalue weighted by Crippen LogP contribution is -2.30. The molecule has 1 aliphatic heterocycles. The van der Waals surface area contributed by atoms with Crippen LogP contribution in [0.5, 0.6) is 0 Å². The molecule has 1 saturated heterocycles. The number of benzene rings is 1. The van der Waals surface area contributed by atoms with Crippen molar-refractivity contribution >= 4 is 15.7 Å². The molecule has 1 fully saturated rings. The predicted octanol–water partition coefficient (Wildman–Crippen LogP) is 1.72. The molecule has 1 aliphatic rings. The molecule has 1 aromatic carbocycles. The first-order valence-electron chi connectivity index (χ1n) is 6.20. The van der Waals surface area contributed by atoms with Crippen molar-refractivity contribution in [2.75, 3.05) is 17.8 Å². The first-order chi connectivity index (χ1) is 8.40. The molecule has 1 heterocycles. The zero-order valence-electron chi connectivity index (χ0n) is 11.1. The Labute approximate surface area is 109 Å². The fourth-order valence-electron chi connectivity index (χ4n) is 2.46. The average Bonchev–Trinajstić information content (AvgIpc) is 2.77. The summed E-state index contributed by atoms with van der Waals surface area (Å²) in [7, 11) is -3.28. The molecule has 0 radical (unpaired) electrons. The molecular formula is C13H20N2O2S. The second-order valence-electron chi connectivity index (χ2n) is 5.04. The normalized spacial score (nSPS) is 20.1. The molecule has 0 saturated carbocycles. The van der Waals surface area contributed by atoms with Crippen LogP contribution < -0.4 is 10.0 Å². The van der Waals surface area contributed by atoms with Crippen molar-refractivity contribution in [3.63, 3.8) is 0 Å². The SMILES string of the molecule is Cc1cc(C)c(NS(=O)(=O)C2CCNC2)c(C)c1. The molecule has 100 valence electrons. The van der Waals surface area contributed by atoms with E-state index in [1.165, 1.54) is 0 Å². The molecule has 0 aromatic heterocycles. The van der Waals surface area contributed by atoms with Gasteiger partial charge in [0.2, 0.25) is 10.0 Å². The molecule has 0 spiro atoms. The van der Waals surface area contributed by atoms with E-state index >= 15 is 0 Å². The van der Waals surface area contributed by atoms with Gasteiger partial charge in [0.05, 0.1) is 10.9 Å². The quantitative estimate of drug-likeness (QED) is 0.877. The highest BCUT2D eigenvalue weighted by molar-refractivity contribution is 7.93. The smallest absolute Gasteiger partial charge is 0.236 e. The maximum absolute atomic E-state index is 12.2. The number of hydrogen-bond acceptors (Lipinski definition) is 3. The highest BCUT2D eigenvalue weighted by Gasteiger charge is 2.29. The summed E-state index contributed by atoms with van der Waals surface area (Å²) in [6.45, 7) is 7.20. The van der Waals surface area contributed by atoms with Crippen molar-refractivity contribution in [1.82, 2.24) is 5.32 Å². The molecule has 5 heteroatoms. The maximum atomic E-state index is 12.2. The minimum atomic E-state index is -3.28. The number of anilines is 1. The van der Waals surface area contributed by atoms with Crippen LogP contribution >= 0.6 is 0 Å². The Morgan fingerprint density at radius 2 is 1.83 bits per heavy atom. The summed E-state index contributed by atoms with van der Waals surface area (Å²) in [4.78, 5) is 0. The summed E-state index contributed by atoms with van der Waals surface area (Å²) >= 11 is 0. The lowest BCUT2D eigenvalue weighted by molar-refractivity contribution is 0.588. The molecule has 1 aromatic rings. The van der Waals surface area contributed by atoms with E-state index in [-0.39, 0.29) is 5.25 Å². The van der Waals surface area contributed by atoms with E-state index in [0.717, 1.165) is 28.9 Å². The molecule has 4 nitrogen and oxygen atoms in total. The average molecular weight is 268 g/mol. The standard InChI is InChI=1S/C13H20N2O2S/c1-9-6-10(2)13(11(3)7-9)15-18(16,17)12-4-5-14-8-12/h6-7,12,14-15H,4-5,8H2,1-3H3. The predicted molar refractivity (Wildman–Crippen MR) is 74.5 cm³/mol. The van der Waals surface area contributed by atoms with Crippen LogP contribution in [0, 0.1) is 20.8 Å². The lowest BCUT2D eigenvalue weighted by Gasteiger charge is -2.17. The van der Waals surface area contributed by atoms with E-state index < -0.39 is 10.0 Å². The van der Waals surface area contributed by atoms with Crippen LogP contribution in [-0.4, -0.2) is 26.8 Å². The van der Waals surface area contributed by atoms with Gasteiger partial charge in [-0.15, -0.1) is 0 Å². The van der Waals surface area contributed by atoms with Crippen LogP contribution in [0.2, 0.25) is 0 Å². The third-order valence-electron chi connectivity index (χ3n) is 3.38. The van der Waals surface area contributed by atoms with Gasteiger partial charge >= 0.3 is 0 Å². The molecular weight excluding hydrogens is 248 g/mol. The molecule has 0 aliphatic carbocycles. The molecule has 1 atom stereocenters. The third kappa shape index (κ3) is 2.67. The Morgan fingerprint density at radius 3 is 2.33 bits per heavy atom. The Balaban J connectivity index is 2.29. The lowest BCUT2D eigenvalue weighted by atomic mass is 10.1. The highest BCUT2D eigenvalue weighted by Crippen LogP contribution is 2.24. The first kappa shape index (κ1) is 13.4. The molecule has 1 unspecified atom stereocenters. The van der Waals surface area contributed by atoms with Gasteiger partial charge in [0, 0.05) is 6.54 Å². The Hall–Kier alpha value is -1.07. The summed E-state index contributed by atoms with van der Waals surface area (Å²) in [6.07, 6.45) is 0.680. The Kier molecular flexibility index (Phi) is 3.64. The van der Waals surface area contributed by atoms with Crippen molar-refractivity contribution in [2.24, 2.45) is 0 Å². The number of nitrogens with one attached hydrogen (secondary N) is 2. The van der Waals surface area contributed by atoms with Gasteiger partial charge in [0.25, 0.3) is 0 Å². The van der Waals surface area contributed by atoms with Crippen molar-refractivity contribution in [2.45, 2.75) is 32.4 Å². The molecule has 2 rings (SSSR count). The van der Waals surface area contributed by atoms with Crippen LogP contribution in [-0.2, 0) is 10.0 Å². The topological polar surface area (TPSA) is 58.2 Å². The van der Waals surface area contributed by atoms with Crippen molar-refractivity contribution in [1.29, 1.82) is 0 Å². The fourth-order valence-corrected chi connectivity index (χ4v) is 4.00. The van der Waals surface area contributed by atoms with Crippen LogP contribution in [0.15, 0.2) is 12.1 Å². The summed E-state index contributed by atoms with van der Waals surface area (Å²) in [5.74, 6) is 0. The van der Waals surface area contributed by atoms with Crippen LogP contribution in [0.3, 0.4) is 0 Å². The van der Waals surface area contributed by atoms with Gasteiger partial charge in [-0.2, -0.15) is 0 Å². The zero-order chi connectivity index (χ0) is 13.3. The van der Waals surface area contributed by atoms with Gasteiger partial charge in [-0.25, -0.2) is 8.42 Å². The van der Waals surface area contributed by atoms with Crippen LogP contribution in [0.25, 0.3) is 0 Å². The molecule has 18 heavy (non-hydrogen) atoms. The van der Waals surface area contributed by atoms with Gasteiger partial charge in [0.1, 0.15) is 0 Å². The van der Waals surface area contributed by atoms with Gasteiger partial charge in [-0.05, 0) is 44.9 Å². The van der Waals surface area contributed by atoms with Crippen molar-refractivity contribution in [3.8, 4) is 0 Å². The van der Waals surface area contributed by atoms with Gasteiger partial charge in [-0.3, -0.25) is 4.72 Å². The number of hydrogen-bond donors (Lipinski definition) is 2. The minimum absolute atomic E-state index is 0.322. The number of aryl methyl sites for hydroxylation is 3. The Morgan fingerprint density at radius 1 is 1.22 bits per heavy atom. The zero-order valence-corrected chi connectivity index (χ0v) is 11.9. The summed E-state index contributed by atoms with van der Waals surface area (Å²) in [5.41, 5.74) is 3.83. The second-order valence-corrected chi connectivity index (χ2v) is 7.00. The van der Waals surface area contributed by atoms with E-state index in [0.29, 0.717) is 13.0 Å². The van der Waals surface area contributed by atoms with Gasteiger partial charge < -0.3 is 5.32 Å². The van der Waals surface area contributed by atoms with Crippen LogP contribution in [0.1, 0.15) is 23.1 Å². The molecule has 0 bridgehead atoms. The second kappa shape index (κ2) is 4.90. The minimum Gasteiger partial charge on any atom is -0.315 e. The van der Waals surface area contributed by atoms with E-state index in [1.54, 1.807) is 0 Å². The number of sulfonamides is 1. The fraction of sp³-hybridized carbons (Fsp3) is 0.538. The number of rotatable bonds is 3. The first-order valence-corrected chi connectivity index (χ1v) is 7.75. The third-order valence-corrected chi connectivity index (χ3v) is 5.14. The Bertz CT molecular complexity index is 523. The van der Waals surface area contributed by atoms with Gasteiger partial charge in [0.15, 0.2) is 0 Å². The van der Waals surface area contributed by atoms with Crippen molar-refractivity contribution < 1.29 is 8.42 Å². The summed E-state index contributed by atoms with van der Waals surface area (Å²) < 4.78 is 27.2. The van der Waals surface area contributed by atoms with Gasteiger partial charge in [-0.1, -0.05) is 17.7 Å². The summed E-state index contributed by atoms with van der Waals surface area (Å²) in [5, 5.41) is 2.76. The largest absolute Gasteiger partial charge is 0.315 e. The molecule has 2 N–H and O–H groups in total. The maximum Gasteiger partial charge on any atom is 0.236 e. The molecule has 0 amide bonds. The van der Waals surface area contributed by atoms with E-state index in [9.17, 15) is 8.42 Å². The van der Waals surface area contributed by atoms with E-state index in [1.807, 2.05) is 32.9 Å². The summed E-state index contributed by atoms with van der Waals surface area (Å²) in [6, 6.07) is 4.00.